The van der Waals surface area contributed by atoms with Gasteiger partial charge in [-0.1, -0.05) is 41.9 Å². The number of fused-ring (bicyclic) bond motifs is 1. The van der Waals surface area contributed by atoms with Crippen molar-refractivity contribution in [2.75, 3.05) is 33.3 Å². The van der Waals surface area contributed by atoms with Crippen molar-refractivity contribution in [2.45, 2.75) is 25.4 Å². The monoisotopic (exact) mass is 471 g/mol. The Morgan fingerprint density at radius 2 is 1.76 bits per heavy atom. The summed E-state index contributed by atoms with van der Waals surface area (Å²) >= 11 is 6.34. The minimum Gasteiger partial charge on any atom is -0.468 e. The predicted molar refractivity (Wildman–Crippen MR) is 124 cm³/mol. The molecule has 2 heterocycles. The Labute approximate surface area is 196 Å². The molecule has 1 aromatic heterocycles. The number of carbonyl (C=O) groups excluding carboxylic acids is 2. The van der Waals surface area contributed by atoms with Crippen LogP contribution >= 0.6 is 11.6 Å². The Morgan fingerprint density at radius 1 is 1.06 bits per heavy atom. The molecule has 3 aromatic rings. The normalized spacial score (nSPS) is 15.5. The Morgan fingerprint density at radius 3 is 2.48 bits per heavy atom. The average molecular weight is 472 g/mol. The SMILES string of the molecule is COC(=O)C(c1ccccc1Cl)N1CCN(C(=O)CCCn2c(=O)oc3ccccc32)CC1. The molecule has 1 amide bonds. The molecule has 0 N–H and O–H groups in total. The first kappa shape index (κ1) is 23.1. The minimum atomic E-state index is -0.609. The zero-order valence-electron chi connectivity index (χ0n) is 18.4. The summed E-state index contributed by atoms with van der Waals surface area (Å²) in [6, 6.07) is 13.9. The van der Waals surface area contributed by atoms with Gasteiger partial charge in [-0.05, 0) is 30.2 Å². The molecule has 0 saturated carbocycles. The molecule has 174 valence electrons. The second-order valence-electron chi connectivity index (χ2n) is 7.95. The van der Waals surface area contributed by atoms with Crippen LogP contribution in [0.3, 0.4) is 0 Å². The van der Waals surface area contributed by atoms with Gasteiger partial charge in [-0.15, -0.1) is 0 Å². The summed E-state index contributed by atoms with van der Waals surface area (Å²) in [5.74, 6) is -0.755. The molecule has 4 rings (SSSR count). The van der Waals surface area contributed by atoms with Crippen molar-refractivity contribution in [1.82, 2.24) is 14.4 Å². The number of ether oxygens (including phenoxy) is 1. The van der Waals surface area contributed by atoms with E-state index in [-0.39, 0.29) is 11.9 Å². The quantitative estimate of drug-likeness (QED) is 0.492. The van der Waals surface area contributed by atoms with Gasteiger partial charge in [-0.3, -0.25) is 14.3 Å². The smallest absolute Gasteiger partial charge is 0.419 e. The molecule has 1 saturated heterocycles. The lowest BCUT2D eigenvalue weighted by molar-refractivity contribution is -0.148. The van der Waals surface area contributed by atoms with Crippen molar-refractivity contribution in [3.63, 3.8) is 0 Å². The summed E-state index contributed by atoms with van der Waals surface area (Å²) in [4.78, 5) is 41.1. The van der Waals surface area contributed by atoms with Crippen LogP contribution in [0.2, 0.25) is 5.02 Å². The Hall–Kier alpha value is -3.10. The fourth-order valence-electron chi connectivity index (χ4n) is 4.28. The van der Waals surface area contributed by atoms with Crippen LogP contribution in [0.5, 0.6) is 0 Å². The number of methoxy groups -OCH3 is 1. The number of hydrogen-bond donors (Lipinski definition) is 0. The maximum absolute atomic E-state index is 12.7. The number of nitrogens with zero attached hydrogens (tertiary/aromatic N) is 3. The van der Waals surface area contributed by atoms with Gasteiger partial charge >= 0.3 is 11.7 Å². The van der Waals surface area contributed by atoms with Crippen LogP contribution in [0, 0.1) is 0 Å². The fraction of sp³-hybridized carbons (Fsp3) is 0.375. The van der Waals surface area contributed by atoms with Crippen LogP contribution in [-0.2, 0) is 20.9 Å². The third-order valence-electron chi connectivity index (χ3n) is 6.00. The maximum atomic E-state index is 12.7. The number of oxazole rings is 1. The minimum absolute atomic E-state index is 0.0304. The highest BCUT2D eigenvalue weighted by Crippen LogP contribution is 2.29. The molecule has 1 fully saturated rings. The van der Waals surface area contributed by atoms with E-state index in [9.17, 15) is 14.4 Å². The number of hydrogen-bond acceptors (Lipinski definition) is 6. The predicted octanol–water partition coefficient (Wildman–Crippen LogP) is 3.09. The first-order valence-corrected chi connectivity index (χ1v) is 11.3. The summed E-state index contributed by atoms with van der Waals surface area (Å²) in [7, 11) is 1.36. The van der Waals surface area contributed by atoms with Gasteiger partial charge in [0, 0.05) is 44.2 Å². The van der Waals surface area contributed by atoms with E-state index in [2.05, 4.69) is 0 Å². The number of aryl methyl sites for hydroxylation is 1. The number of rotatable bonds is 7. The van der Waals surface area contributed by atoms with E-state index >= 15 is 0 Å². The van der Waals surface area contributed by atoms with Crippen LogP contribution in [0.25, 0.3) is 11.1 Å². The van der Waals surface area contributed by atoms with Crippen molar-refractivity contribution in [3.05, 3.63) is 69.7 Å². The summed E-state index contributed by atoms with van der Waals surface area (Å²) in [5, 5.41) is 0.508. The molecule has 0 radical (unpaired) electrons. The fourth-order valence-corrected chi connectivity index (χ4v) is 4.52. The molecule has 1 atom stereocenters. The molecule has 0 aliphatic carbocycles. The molecule has 2 aromatic carbocycles. The van der Waals surface area contributed by atoms with Crippen LogP contribution < -0.4 is 5.76 Å². The maximum Gasteiger partial charge on any atom is 0.419 e. The Balaban J connectivity index is 1.33. The zero-order valence-corrected chi connectivity index (χ0v) is 19.2. The first-order chi connectivity index (χ1) is 16.0. The van der Waals surface area contributed by atoms with Gasteiger partial charge in [0.15, 0.2) is 5.58 Å². The van der Waals surface area contributed by atoms with E-state index in [4.69, 9.17) is 20.8 Å². The van der Waals surface area contributed by atoms with E-state index in [1.165, 1.54) is 7.11 Å². The highest BCUT2D eigenvalue weighted by atomic mass is 35.5. The summed E-state index contributed by atoms with van der Waals surface area (Å²) in [6.45, 7) is 2.49. The molecule has 1 aliphatic heterocycles. The number of para-hydroxylation sites is 2. The third-order valence-corrected chi connectivity index (χ3v) is 6.35. The van der Waals surface area contributed by atoms with Gasteiger partial charge in [-0.25, -0.2) is 9.59 Å². The third kappa shape index (κ3) is 4.96. The second kappa shape index (κ2) is 10.2. The van der Waals surface area contributed by atoms with Gasteiger partial charge in [0.2, 0.25) is 5.91 Å². The lowest BCUT2D eigenvalue weighted by Gasteiger charge is -2.38. The highest BCUT2D eigenvalue weighted by molar-refractivity contribution is 6.31. The molecular weight excluding hydrogens is 446 g/mol. The Bertz CT molecular complexity index is 1200. The van der Waals surface area contributed by atoms with Gasteiger partial charge in [-0.2, -0.15) is 0 Å². The van der Waals surface area contributed by atoms with E-state index in [0.717, 1.165) is 5.52 Å². The topological polar surface area (TPSA) is 85.0 Å². The van der Waals surface area contributed by atoms with E-state index in [0.29, 0.717) is 61.7 Å². The van der Waals surface area contributed by atoms with Crippen LogP contribution in [0.1, 0.15) is 24.4 Å². The molecule has 0 bridgehead atoms. The number of esters is 1. The van der Waals surface area contributed by atoms with Gasteiger partial charge < -0.3 is 14.1 Å². The first-order valence-electron chi connectivity index (χ1n) is 10.9. The molecule has 9 heteroatoms. The Kier molecular flexibility index (Phi) is 7.15. The van der Waals surface area contributed by atoms with E-state index in [1.54, 1.807) is 21.6 Å². The van der Waals surface area contributed by atoms with Crippen LogP contribution in [-0.4, -0.2) is 59.5 Å². The van der Waals surface area contributed by atoms with Crippen LogP contribution in [0.4, 0.5) is 0 Å². The van der Waals surface area contributed by atoms with Crippen molar-refractivity contribution in [1.29, 1.82) is 0 Å². The van der Waals surface area contributed by atoms with Crippen molar-refractivity contribution >= 4 is 34.6 Å². The molecule has 0 spiro atoms. The molecule has 1 unspecified atom stereocenters. The van der Waals surface area contributed by atoms with Crippen molar-refractivity contribution < 1.29 is 18.7 Å². The van der Waals surface area contributed by atoms with Gasteiger partial charge in [0.25, 0.3) is 0 Å². The number of benzene rings is 2. The number of amides is 1. The molecule has 1 aliphatic rings. The lowest BCUT2D eigenvalue weighted by atomic mass is 10.0. The van der Waals surface area contributed by atoms with Crippen LogP contribution in [0.15, 0.2) is 57.7 Å². The second-order valence-corrected chi connectivity index (χ2v) is 8.36. The summed E-state index contributed by atoms with van der Waals surface area (Å²) < 4.78 is 11.8. The lowest BCUT2D eigenvalue weighted by Crippen LogP contribution is -2.51. The standard InChI is InChI=1S/C24H26ClN3O5/c1-32-23(30)22(17-7-2-3-8-18(17)25)27-15-13-26(14-16-27)21(29)11-6-12-28-19-9-4-5-10-20(19)33-24(28)31/h2-5,7-10,22H,6,11-16H2,1H3. The summed E-state index contributed by atoms with van der Waals surface area (Å²) in [5.41, 5.74) is 1.98. The largest absolute Gasteiger partial charge is 0.468 e. The van der Waals surface area contributed by atoms with Crippen molar-refractivity contribution in [3.8, 4) is 0 Å². The summed E-state index contributed by atoms with van der Waals surface area (Å²) in [6.07, 6.45) is 0.865. The van der Waals surface area contributed by atoms with Crippen molar-refractivity contribution in [2.24, 2.45) is 0 Å². The average Bonchev–Trinajstić information content (AvgIpc) is 3.15. The number of aromatic nitrogens is 1. The molecular formula is C24H26ClN3O5. The zero-order chi connectivity index (χ0) is 23.4. The number of piperazine rings is 1. The molecule has 8 nitrogen and oxygen atoms in total. The van der Waals surface area contributed by atoms with E-state index in [1.807, 2.05) is 41.3 Å². The number of carbonyl (C=O) groups is 2. The molecule has 33 heavy (non-hydrogen) atoms. The number of halogens is 1. The van der Waals surface area contributed by atoms with Gasteiger partial charge in [0.05, 0.1) is 12.6 Å². The van der Waals surface area contributed by atoms with E-state index < -0.39 is 11.8 Å². The highest BCUT2D eigenvalue weighted by Gasteiger charge is 2.33. The van der Waals surface area contributed by atoms with Gasteiger partial charge in [0.1, 0.15) is 6.04 Å².